The molecule has 0 atom stereocenters. The maximum Gasteiger partial charge on any atom is 0.225 e. The first-order chi connectivity index (χ1) is 10.7. The van der Waals surface area contributed by atoms with Crippen LogP contribution >= 0.6 is 0 Å². The molecule has 0 aliphatic rings. The Labute approximate surface area is 129 Å². The summed E-state index contributed by atoms with van der Waals surface area (Å²) in [5.74, 6) is 6.07. The van der Waals surface area contributed by atoms with Gasteiger partial charge in [-0.1, -0.05) is 36.1 Å². The summed E-state index contributed by atoms with van der Waals surface area (Å²) in [5, 5.41) is 2.71. The second kappa shape index (κ2) is 7.84. The Morgan fingerprint density at radius 1 is 1.18 bits per heavy atom. The van der Waals surface area contributed by atoms with Gasteiger partial charge in [-0.2, -0.15) is 0 Å². The van der Waals surface area contributed by atoms with Crippen molar-refractivity contribution in [3.8, 4) is 17.6 Å². The highest BCUT2D eigenvalue weighted by atomic mass is 19.1. The van der Waals surface area contributed by atoms with Crippen molar-refractivity contribution in [1.82, 2.24) is 5.32 Å². The second-order valence-electron chi connectivity index (χ2n) is 4.58. The molecule has 2 rings (SSSR count). The zero-order valence-electron chi connectivity index (χ0n) is 12.2. The monoisotopic (exact) mass is 297 g/mol. The lowest BCUT2D eigenvalue weighted by Gasteiger charge is -2.02. The minimum absolute atomic E-state index is 0.152. The summed E-state index contributed by atoms with van der Waals surface area (Å²) in [4.78, 5) is 11.7. The molecule has 0 saturated carbocycles. The van der Waals surface area contributed by atoms with Gasteiger partial charge in [-0.3, -0.25) is 4.79 Å². The standard InChI is InChI=1S/C18H16FNO2/c1-22-17-7-3-2-5-15(17)6-4-12-20-18(21)13-14-8-10-16(19)11-9-14/h2-3,5,7-11H,12-13H2,1H3,(H,20,21). The fraction of sp³-hybridized carbons (Fsp3) is 0.167. The number of amides is 1. The van der Waals surface area contributed by atoms with Crippen molar-refractivity contribution in [2.45, 2.75) is 6.42 Å². The first-order valence-electron chi connectivity index (χ1n) is 6.82. The number of nitrogens with one attached hydrogen (secondary N) is 1. The number of hydrogen-bond donors (Lipinski definition) is 1. The normalized spacial score (nSPS) is 9.55. The molecule has 1 N–H and O–H groups in total. The number of para-hydroxylation sites is 1. The van der Waals surface area contributed by atoms with E-state index < -0.39 is 0 Å². The van der Waals surface area contributed by atoms with Crippen molar-refractivity contribution in [3.05, 3.63) is 65.5 Å². The number of carbonyl (C=O) groups excluding carboxylic acids is 1. The van der Waals surface area contributed by atoms with E-state index in [2.05, 4.69) is 17.2 Å². The Morgan fingerprint density at radius 3 is 2.64 bits per heavy atom. The minimum atomic E-state index is -0.313. The van der Waals surface area contributed by atoms with E-state index in [0.29, 0.717) is 5.75 Å². The molecule has 22 heavy (non-hydrogen) atoms. The minimum Gasteiger partial charge on any atom is -0.495 e. The summed E-state index contributed by atoms with van der Waals surface area (Å²) >= 11 is 0. The van der Waals surface area contributed by atoms with Crippen LogP contribution in [0.1, 0.15) is 11.1 Å². The third kappa shape index (κ3) is 4.64. The Balaban J connectivity index is 1.85. The molecule has 0 bridgehead atoms. The van der Waals surface area contributed by atoms with Crippen LogP contribution in [-0.4, -0.2) is 19.6 Å². The van der Waals surface area contributed by atoms with Crippen LogP contribution in [0.3, 0.4) is 0 Å². The Bertz CT molecular complexity index is 699. The van der Waals surface area contributed by atoms with Gasteiger partial charge in [-0.25, -0.2) is 4.39 Å². The second-order valence-corrected chi connectivity index (χ2v) is 4.58. The smallest absolute Gasteiger partial charge is 0.225 e. The Morgan fingerprint density at radius 2 is 1.91 bits per heavy atom. The topological polar surface area (TPSA) is 38.3 Å². The van der Waals surface area contributed by atoms with Crippen LogP contribution in [-0.2, 0) is 11.2 Å². The number of ether oxygens (including phenoxy) is 1. The van der Waals surface area contributed by atoms with Gasteiger partial charge in [0, 0.05) is 0 Å². The molecule has 2 aromatic carbocycles. The third-order valence-corrected chi connectivity index (χ3v) is 2.98. The molecule has 112 valence electrons. The van der Waals surface area contributed by atoms with Crippen molar-refractivity contribution in [2.75, 3.05) is 13.7 Å². The fourth-order valence-corrected chi connectivity index (χ4v) is 1.88. The number of carbonyl (C=O) groups is 1. The first-order valence-corrected chi connectivity index (χ1v) is 6.82. The largest absolute Gasteiger partial charge is 0.495 e. The van der Waals surface area contributed by atoms with Gasteiger partial charge >= 0.3 is 0 Å². The van der Waals surface area contributed by atoms with Gasteiger partial charge in [-0.15, -0.1) is 0 Å². The molecule has 0 radical (unpaired) electrons. The Kier molecular flexibility index (Phi) is 5.56. The zero-order valence-corrected chi connectivity index (χ0v) is 12.2. The van der Waals surface area contributed by atoms with Gasteiger partial charge in [0.2, 0.25) is 5.91 Å². The number of methoxy groups -OCH3 is 1. The van der Waals surface area contributed by atoms with Gasteiger partial charge < -0.3 is 10.1 Å². The average molecular weight is 297 g/mol. The average Bonchev–Trinajstić information content (AvgIpc) is 2.54. The van der Waals surface area contributed by atoms with E-state index >= 15 is 0 Å². The predicted molar refractivity (Wildman–Crippen MR) is 83.0 cm³/mol. The third-order valence-electron chi connectivity index (χ3n) is 2.98. The summed E-state index contributed by atoms with van der Waals surface area (Å²) < 4.78 is 18.0. The first kappa shape index (κ1) is 15.6. The molecule has 1 amide bonds. The van der Waals surface area contributed by atoms with E-state index in [0.717, 1.165) is 11.1 Å². The highest BCUT2D eigenvalue weighted by Crippen LogP contribution is 2.15. The lowest BCUT2D eigenvalue weighted by Crippen LogP contribution is -2.25. The van der Waals surface area contributed by atoms with Crippen molar-refractivity contribution < 1.29 is 13.9 Å². The molecule has 0 fully saturated rings. The summed E-state index contributed by atoms with van der Waals surface area (Å²) in [6.45, 7) is 0.248. The number of halogens is 1. The quantitative estimate of drug-likeness (QED) is 0.881. The summed E-state index contributed by atoms with van der Waals surface area (Å²) in [6, 6.07) is 13.3. The lowest BCUT2D eigenvalue weighted by molar-refractivity contribution is -0.120. The van der Waals surface area contributed by atoms with Crippen molar-refractivity contribution >= 4 is 5.91 Å². The van der Waals surface area contributed by atoms with E-state index in [4.69, 9.17) is 4.74 Å². The lowest BCUT2D eigenvalue weighted by atomic mass is 10.1. The molecular weight excluding hydrogens is 281 g/mol. The van der Waals surface area contributed by atoms with Crippen molar-refractivity contribution in [3.63, 3.8) is 0 Å². The highest BCUT2D eigenvalue weighted by Gasteiger charge is 2.02. The van der Waals surface area contributed by atoms with Gasteiger partial charge in [0.25, 0.3) is 0 Å². The summed E-state index contributed by atoms with van der Waals surface area (Å²) in [5.41, 5.74) is 1.54. The molecule has 0 heterocycles. The summed E-state index contributed by atoms with van der Waals surface area (Å²) in [7, 11) is 1.59. The maximum absolute atomic E-state index is 12.8. The van der Waals surface area contributed by atoms with Crippen LogP contribution in [0.15, 0.2) is 48.5 Å². The molecule has 0 unspecified atom stereocenters. The molecule has 2 aromatic rings. The number of hydrogen-bond acceptors (Lipinski definition) is 2. The fourth-order valence-electron chi connectivity index (χ4n) is 1.88. The molecule has 4 heteroatoms. The van der Waals surface area contributed by atoms with Crippen LogP contribution in [0.2, 0.25) is 0 Å². The maximum atomic E-state index is 12.8. The zero-order chi connectivity index (χ0) is 15.8. The molecule has 0 saturated heterocycles. The SMILES string of the molecule is COc1ccccc1C#CCNC(=O)Cc1ccc(F)cc1. The van der Waals surface area contributed by atoms with Crippen molar-refractivity contribution in [2.24, 2.45) is 0 Å². The van der Waals surface area contributed by atoms with E-state index in [1.807, 2.05) is 24.3 Å². The van der Waals surface area contributed by atoms with Crippen LogP contribution in [0.4, 0.5) is 4.39 Å². The number of rotatable bonds is 4. The van der Waals surface area contributed by atoms with Gasteiger partial charge in [-0.05, 0) is 29.8 Å². The molecule has 0 aliphatic carbocycles. The van der Waals surface area contributed by atoms with Crippen molar-refractivity contribution in [1.29, 1.82) is 0 Å². The van der Waals surface area contributed by atoms with E-state index in [-0.39, 0.29) is 24.7 Å². The van der Waals surface area contributed by atoms with Crippen LogP contribution < -0.4 is 10.1 Å². The summed E-state index contributed by atoms with van der Waals surface area (Å²) in [6.07, 6.45) is 0.205. The molecule has 0 aliphatic heterocycles. The van der Waals surface area contributed by atoms with Gasteiger partial charge in [0.05, 0.1) is 25.6 Å². The van der Waals surface area contributed by atoms with Gasteiger partial charge in [0.1, 0.15) is 11.6 Å². The van der Waals surface area contributed by atoms with E-state index in [1.165, 1.54) is 12.1 Å². The number of benzene rings is 2. The molecule has 0 spiro atoms. The van der Waals surface area contributed by atoms with Gasteiger partial charge in [0.15, 0.2) is 0 Å². The highest BCUT2D eigenvalue weighted by molar-refractivity contribution is 5.78. The van der Waals surface area contributed by atoms with Crippen LogP contribution in [0.5, 0.6) is 5.75 Å². The van der Waals surface area contributed by atoms with E-state index in [1.54, 1.807) is 19.2 Å². The Hall–Kier alpha value is -2.80. The van der Waals surface area contributed by atoms with Crippen LogP contribution in [0.25, 0.3) is 0 Å². The molecule has 3 nitrogen and oxygen atoms in total. The van der Waals surface area contributed by atoms with Crippen LogP contribution in [0, 0.1) is 17.7 Å². The molecule has 0 aromatic heterocycles. The van der Waals surface area contributed by atoms with E-state index in [9.17, 15) is 9.18 Å². The molecular formula is C18H16FNO2. The predicted octanol–water partition coefficient (Wildman–Crippen LogP) is 2.54.